The van der Waals surface area contributed by atoms with E-state index in [4.69, 9.17) is 0 Å². The zero-order chi connectivity index (χ0) is 18.7. The predicted molar refractivity (Wildman–Crippen MR) is 113 cm³/mol. The van der Waals surface area contributed by atoms with Crippen LogP contribution in [0.5, 0.6) is 0 Å². The molecule has 2 aromatic carbocycles. The lowest BCUT2D eigenvalue weighted by Gasteiger charge is -2.16. The minimum atomic E-state index is 0.526. The minimum absolute atomic E-state index is 0.526. The second-order valence-electron chi connectivity index (χ2n) is 7.64. The highest BCUT2D eigenvalue weighted by Crippen LogP contribution is 2.33. The zero-order valence-corrected chi connectivity index (χ0v) is 16.6. The maximum Gasteiger partial charge on any atom is 0.0704 e. The van der Waals surface area contributed by atoms with E-state index in [0.717, 1.165) is 12.1 Å². The van der Waals surface area contributed by atoms with Crippen molar-refractivity contribution in [2.75, 3.05) is 0 Å². The third-order valence-electron chi connectivity index (χ3n) is 5.08. The molecule has 0 radical (unpaired) electrons. The second kappa shape index (κ2) is 7.86. The Hall–Kier alpha value is -2.41. The number of aryl methyl sites for hydroxylation is 1. The van der Waals surface area contributed by atoms with Gasteiger partial charge in [0.25, 0.3) is 0 Å². The molecule has 0 spiro atoms. The van der Waals surface area contributed by atoms with Crippen molar-refractivity contribution >= 4 is 0 Å². The molecule has 0 aliphatic carbocycles. The molecule has 0 unspecified atom stereocenters. The van der Waals surface area contributed by atoms with Crippen molar-refractivity contribution in [3.63, 3.8) is 0 Å². The lowest BCUT2D eigenvalue weighted by atomic mass is 9.89. The molecule has 0 N–H and O–H groups in total. The van der Waals surface area contributed by atoms with E-state index in [-0.39, 0.29) is 0 Å². The molecule has 0 fully saturated rings. The molecule has 0 amide bonds. The van der Waals surface area contributed by atoms with Crippen LogP contribution >= 0.6 is 0 Å². The number of hydrogen-bond donors (Lipinski definition) is 0. The van der Waals surface area contributed by atoms with Crippen LogP contribution < -0.4 is 0 Å². The molecule has 3 rings (SSSR count). The lowest BCUT2D eigenvalue weighted by Crippen LogP contribution is -1.96. The van der Waals surface area contributed by atoms with Crippen LogP contribution in [0.15, 0.2) is 60.8 Å². The molecule has 1 aromatic heterocycles. The summed E-state index contributed by atoms with van der Waals surface area (Å²) in [5.74, 6) is 1.05. The molecule has 1 heteroatoms. The van der Waals surface area contributed by atoms with Crippen LogP contribution in [0, 0.1) is 0 Å². The topological polar surface area (TPSA) is 12.9 Å². The SMILES string of the molecule is CCc1ccc(-c2cc(C(C)C)cc(C(C)C)c2)cc1-c1ccccn1. The predicted octanol–water partition coefficient (Wildman–Crippen LogP) is 7.22. The molecule has 0 bridgehead atoms. The van der Waals surface area contributed by atoms with Crippen molar-refractivity contribution in [3.05, 3.63) is 77.5 Å². The quantitative estimate of drug-likeness (QED) is 0.476. The molecule has 0 aliphatic heterocycles. The smallest absolute Gasteiger partial charge is 0.0704 e. The molecule has 0 atom stereocenters. The normalized spacial score (nSPS) is 11.3. The Morgan fingerprint density at radius 1 is 0.769 bits per heavy atom. The van der Waals surface area contributed by atoms with Crippen LogP contribution in [0.3, 0.4) is 0 Å². The first-order valence-electron chi connectivity index (χ1n) is 9.69. The average Bonchev–Trinajstić information content (AvgIpc) is 2.67. The number of benzene rings is 2. The molecule has 0 saturated heterocycles. The van der Waals surface area contributed by atoms with Crippen LogP contribution in [0.2, 0.25) is 0 Å². The summed E-state index contributed by atoms with van der Waals surface area (Å²) < 4.78 is 0. The fourth-order valence-corrected chi connectivity index (χ4v) is 3.33. The van der Waals surface area contributed by atoms with Crippen molar-refractivity contribution < 1.29 is 0 Å². The van der Waals surface area contributed by atoms with Gasteiger partial charge in [0.15, 0.2) is 0 Å². The molecule has 0 aliphatic rings. The Morgan fingerprint density at radius 3 is 2.00 bits per heavy atom. The van der Waals surface area contributed by atoms with Gasteiger partial charge in [-0.3, -0.25) is 4.98 Å². The van der Waals surface area contributed by atoms with Gasteiger partial charge < -0.3 is 0 Å². The van der Waals surface area contributed by atoms with E-state index in [1.54, 1.807) is 0 Å². The maximum absolute atomic E-state index is 4.58. The van der Waals surface area contributed by atoms with Crippen LogP contribution in [0.25, 0.3) is 22.4 Å². The van der Waals surface area contributed by atoms with Crippen LogP contribution in [-0.4, -0.2) is 4.98 Å². The molecule has 26 heavy (non-hydrogen) atoms. The Morgan fingerprint density at radius 2 is 1.46 bits per heavy atom. The van der Waals surface area contributed by atoms with Crippen LogP contribution in [-0.2, 0) is 6.42 Å². The van der Waals surface area contributed by atoms with Crippen molar-refractivity contribution in [2.24, 2.45) is 0 Å². The van der Waals surface area contributed by atoms with Gasteiger partial charge in [0.2, 0.25) is 0 Å². The van der Waals surface area contributed by atoms with Gasteiger partial charge in [0.1, 0.15) is 0 Å². The first-order chi connectivity index (χ1) is 12.5. The monoisotopic (exact) mass is 343 g/mol. The van der Waals surface area contributed by atoms with Crippen molar-refractivity contribution in [1.29, 1.82) is 0 Å². The summed E-state index contributed by atoms with van der Waals surface area (Å²) in [7, 11) is 0. The number of nitrogens with zero attached hydrogens (tertiary/aromatic N) is 1. The van der Waals surface area contributed by atoms with Gasteiger partial charge >= 0.3 is 0 Å². The van der Waals surface area contributed by atoms with Gasteiger partial charge in [-0.15, -0.1) is 0 Å². The highest BCUT2D eigenvalue weighted by molar-refractivity contribution is 5.74. The van der Waals surface area contributed by atoms with E-state index in [2.05, 4.69) is 88.1 Å². The molecular weight excluding hydrogens is 314 g/mol. The minimum Gasteiger partial charge on any atom is -0.256 e. The summed E-state index contributed by atoms with van der Waals surface area (Å²) in [5.41, 5.74) is 9.03. The standard InChI is InChI=1S/C25H29N/c1-6-19-10-11-20(16-24(19)25-9-7-8-12-26-25)23-14-21(17(2)3)13-22(15-23)18(4)5/h7-18H,6H2,1-5H3. The molecule has 134 valence electrons. The van der Waals surface area contributed by atoms with E-state index in [1.807, 2.05) is 12.3 Å². The summed E-state index contributed by atoms with van der Waals surface area (Å²) >= 11 is 0. The summed E-state index contributed by atoms with van der Waals surface area (Å²) in [6.45, 7) is 11.3. The lowest BCUT2D eigenvalue weighted by molar-refractivity contribution is 0.834. The summed E-state index contributed by atoms with van der Waals surface area (Å²) in [5, 5.41) is 0. The average molecular weight is 344 g/mol. The highest BCUT2D eigenvalue weighted by Gasteiger charge is 2.11. The Balaban J connectivity index is 2.16. The Bertz CT molecular complexity index is 850. The first-order valence-corrected chi connectivity index (χ1v) is 9.69. The van der Waals surface area contributed by atoms with Crippen LogP contribution in [0.1, 0.15) is 63.1 Å². The summed E-state index contributed by atoms with van der Waals surface area (Å²) in [4.78, 5) is 4.58. The number of rotatable bonds is 5. The summed E-state index contributed by atoms with van der Waals surface area (Å²) in [6, 6.07) is 20.0. The van der Waals surface area contributed by atoms with Gasteiger partial charge in [-0.25, -0.2) is 0 Å². The van der Waals surface area contributed by atoms with E-state index >= 15 is 0 Å². The Kier molecular flexibility index (Phi) is 5.56. The van der Waals surface area contributed by atoms with Gasteiger partial charge in [0.05, 0.1) is 5.69 Å². The van der Waals surface area contributed by atoms with Gasteiger partial charge in [0, 0.05) is 11.8 Å². The molecular formula is C25H29N. The second-order valence-corrected chi connectivity index (χ2v) is 7.64. The van der Waals surface area contributed by atoms with Gasteiger partial charge in [-0.05, 0) is 64.3 Å². The van der Waals surface area contributed by atoms with Gasteiger partial charge in [-0.2, -0.15) is 0 Å². The molecule has 1 nitrogen and oxygen atoms in total. The van der Waals surface area contributed by atoms with Crippen molar-refractivity contribution in [1.82, 2.24) is 4.98 Å². The third kappa shape index (κ3) is 3.88. The molecule has 1 heterocycles. The van der Waals surface area contributed by atoms with Crippen molar-refractivity contribution in [3.8, 4) is 22.4 Å². The zero-order valence-electron chi connectivity index (χ0n) is 16.6. The number of hydrogen-bond acceptors (Lipinski definition) is 1. The first kappa shape index (κ1) is 18.4. The molecule has 3 aromatic rings. The van der Waals surface area contributed by atoms with E-state index < -0.39 is 0 Å². The highest BCUT2D eigenvalue weighted by atomic mass is 14.7. The van der Waals surface area contributed by atoms with E-state index in [1.165, 1.54) is 33.4 Å². The van der Waals surface area contributed by atoms with E-state index in [0.29, 0.717) is 11.8 Å². The van der Waals surface area contributed by atoms with Crippen molar-refractivity contribution in [2.45, 2.75) is 52.9 Å². The van der Waals surface area contributed by atoms with E-state index in [9.17, 15) is 0 Å². The van der Waals surface area contributed by atoms with Crippen LogP contribution in [0.4, 0.5) is 0 Å². The molecule has 0 saturated carbocycles. The Labute approximate surface area is 158 Å². The van der Waals surface area contributed by atoms with Gasteiger partial charge in [-0.1, -0.05) is 71.0 Å². The summed E-state index contributed by atoms with van der Waals surface area (Å²) in [6.07, 6.45) is 2.88. The largest absolute Gasteiger partial charge is 0.256 e. The number of pyridine rings is 1. The fourth-order valence-electron chi connectivity index (χ4n) is 3.33. The fraction of sp³-hybridized carbons (Fsp3) is 0.320. The number of aromatic nitrogens is 1. The third-order valence-corrected chi connectivity index (χ3v) is 5.08. The maximum atomic E-state index is 4.58.